The maximum Gasteiger partial charge on any atom is 0.240 e. The van der Waals surface area contributed by atoms with Crippen LogP contribution in [-0.2, 0) is 11.3 Å². The summed E-state index contributed by atoms with van der Waals surface area (Å²) in [6.45, 7) is 0.421. The summed E-state index contributed by atoms with van der Waals surface area (Å²) in [5.74, 6) is -0.0704. The third-order valence-electron chi connectivity index (χ3n) is 3.40. The maximum atomic E-state index is 12.0. The van der Waals surface area contributed by atoms with Crippen molar-refractivity contribution in [2.24, 2.45) is 5.73 Å². The van der Waals surface area contributed by atoms with E-state index in [2.05, 4.69) is 21.2 Å². The van der Waals surface area contributed by atoms with Gasteiger partial charge in [0.05, 0.1) is 5.54 Å². The van der Waals surface area contributed by atoms with Gasteiger partial charge < -0.3 is 11.1 Å². The number of benzene rings is 1. The van der Waals surface area contributed by atoms with E-state index < -0.39 is 5.54 Å². The monoisotopic (exact) mass is 366 g/mol. The molecular weight excluding hydrogens is 351 g/mol. The molecule has 1 aromatic carbocycles. The van der Waals surface area contributed by atoms with Crippen LogP contribution < -0.4 is 11.1 Å². The van der Waals surface area contributed by atoms with E-state index in [0.717, 1.165) is 35.7 Å². The molecule has 3 N–H and O–H groups in total. The SMILES string of the molecule is Cl.NC1(C(=O)NCc2ccc(Br)cc2Cl)CCCC1. The fraction of sp³-hybridized carbons (Fsp3) is 0.462. The molecule has 1 aliphatic carbocycles. The summed E-state index contributed by atoms with van der Waals surface area (Å²) in [5.41, 5.74) is 6.30. The molecule has 3 nitrogen and oxygen atoms in total. The minimum atomic E-state index is -0.679. The Balaban J connectivity index is 0.00000180. The molecule has 0 saturated heterocycles. The highest BCUT2D eigenvalue weighted by atomic mass is 79.9. The van der Waals surface area contributed by atoms with Gasteiger partial charge in [-0.2, -0.15) is 0 Å². The van der Waals surface area contributed by atoms with Gasteiger partial charge >= 0.3 is 0 Å². The number of rotatable bonds is 3. The lowest BCUT2D eigenvalue weighted by Gasteiger charge is -2.22. The minimum Gasteiger partial charge on any atom is -0.350 e. The highest BCUT2D eigenvalue weighted by Crippen LogP contribution is 2.27. The molecule has 1 fully saturated rings. The summed E-state index contributed by atoms with van der Waals surface area (Å²) in [7, 11) is 0. The van der Waals surface area contributed by atoms with Crippen LogP contribution in [0.25, 0.3) is 0 Å². The highest BCUT2D eigenvalue weighted by Gasteiger charge is 2.36. The Kier molecular flexibility index (Phi) is 6.12. The Labute approximate surface area is 132 Å². The number of nitrogens with one attached hydrogen (secondary N) is 1. The first kappa shape index (κ1) is 16.8. The van der Waals surface area contributed by atoms with Crippen LogP contribution in [0, 0.1) is 0 Å². The fourth-order valence-corrected chi connectivity index (χ4v) is 2.99. The van der Waals surface area contributed by atoms with Crippen molar-refractivity contribution in [3.8, 4) is 0 Å². The van der Waals surface area contributed by atoms with Gasteiger partial charge in [0.25, 0.3) is 0 Å². The van der Waals surface area contributed by atoms with Gasteiger partial charge in [0.15, 0.2) is 0 Å². The second-order valence-corrected chi connectivity index (χ2v) is 6.10. The zero-order chi connectivity index (χ0) is 13.2. The second kappa shape index (κ2) is 6.93. The number of hydrogen-bond donors (Lipinski definition) is 2. The van der Waals surface area contributed by atoms with Gasteiger partial charge in [0.2, 0.25) is 5.91 Å². The smallest absolute Gasteiger partial charge is 0.240 e. The Morgan fingerprint density at radius 3 is 2.63 bits per heavy atom. The van der Waals surface area contributed by atoms with Crippen LogP contribution in [0.3, 0.4) is 0 Å². The van der Waals surface area contributed by atoms with Gasteiger partial charge in [-0.15, -0.1) is 12.4 Å². The lowest BCUT2D eigenvalue weighted by atomic mass is 9.98. The Hall–Kier alpha value is -0.290. The molecule has 0 aromatic heterocycles. The van der Waals surface area contributed by atoms with E-state index in [1.54, 1.807) is 0 Å². The Morgan fingerprint density at radius 2 is 2.05 bits per heavy atom. The molecule has 1 aliphatic rings. The quantitative estimate of drug-likeness (QED) is 0.859. The number of amides is 1. The molecule has 0 aliphatic heterocycles. The molecule has 6 heteroatoms. The highest BCUT2D eigenvalue weighted by molar-refractivity contribution is 9.10. The normalized spacial score (nSPS) is 16.8. The van der Waals surface area contributed by atoms with E-state index in [1.165, 1.54) is 0 Å². The second-order valence-electron chi connectivity index (χ2n) is 4.78. The number of carbonyl (C=O) groups is 1. The van der Waals surface area contributed by atoms with Crippen molar-refractivity contribution in [3.63, 3.8) is 0 Å². The average molecular weight is 368 g/mol. The molecule has 19 heavy (non-hydrogen) atoms. The molecule has 0 unspecified atom stereocenters. The number of hydrogen-bond acceptors (Lipinski definition) is 2. The third kappa shape index (κ3) is 4.09. The van der Waals surface area contributed by atoms with Crippen LogP contribution in [0.2, 0.25) is 5.02 Å². The average Bonchev–Trinajstić information content (AvgIpc) is 2.76. The molecular formula is C13H17BrCl2N2O. The van der Waals surface area contributed by atoms with Crippen molar-refractivity contribution in [1.82, 2.24) is 5.32 Å². The molecule has 0 heterocycles. The third-order valence-corrected chi connectivity index (χ3v) is 4.25. The molecule has 1 aromatic rings. The summed E-state index contributed by atoms with van der Waals surface area (Å²) < 4.78 is 0.925. The van der Waals surface area contributed by atoms with Crippen molar-refractivity contribution in [2.75, 3.05) is 0 Å². The van der Waals surface area contributed by atoms with E-state index in [1.807, 2.05) is 18.2 Å². The predicted molar refractivity (Wildman–Crippen MR) is 83.6 cm³/mol. The molecule has 106 valence electrons. The van der Waals surface area contributed by atoms with Crippen LogP contribution in [0.4, 0.5) is 0 Å². The van der Waals surface area contributed by atoms with Crippen LogP contribution in [0.5, 0.6) is 0 Å². The van der Waals surface area contributed by atoms with Gasteiger partial charge in [-0.05, 0) is 30.5 Å². The number of halogens is 3. The summed E-state index contributed by atoms with van der Waals surface area (Å²) in [5, 5.41) is 3.52. The Bertz CT molecular complexity index is 462. The zero-order valence-electron chi connectivity index (χ0n) is 10.4. The minimum absolute atomic E-state index is 0. The van der Waals surface area contributed by atoms with E-state index in [-0.39, 0.29) is 18.3 Å². The fourth-order valence-electron chi connectivity index (χ4n) is 2.25. The van der Waals surface area contributed by atoms with Crippen molar-refractivity contribution in [2.45, 2.75) is 37.8 Å². The largest absolute Gasteiger partial charge is 0.350 e. The summed E-state index contributed by atoms with van der Waals surface area (Å²) in [6.07, 6.45) is 3.60. The number of nitrogens with two attached hydrogens (primary N) is 1. The zero-order valence-corrected chi connectivity index (χ0v) is 13.6. The van der Waals surface area contributed by atoms with Crippen LogP contribution in [-0.4, -0.2) is 11.4 Å². The van der Waals surface area contributed by atoms with Gasteiger partial charge in [-0.25, -0.2) is 0 Å². The first-order valence-electron chi connectivity index (χ1n) is 6.02. The molecule has 2 rings (SSSR count). The van der Waals surface area contributed by atoms with E-state index in [0.29, 0.717) is 11.6 Å². The molecule has 0 spiro atoms. The Morgan fingerprint density at radius 1 is 1.42 bits per heavy atom. The first-order valence-corrected chi connectivity index (χ1v) is 7.19. The summed E-state index contributed by atoms with van der Waals surface area (Å²) >= 11 is 9.44. The van der Waals surface area contributed by atoms with Crippen molar-refractivity contribution in [3.05, 3.63) is 33.3 Å². The van der Waals surface area contributed by atoms with E-state index >= 15 is 0 Å². The molecule has 1 saturated carbocycles. The van der Waals surface area contributed by atoms with Crippen molar-refractivity contribution >= 4 is 45.8 Å². The lowest BCUT2D eigenvalue weighted by Crippen LogP contribution is -2.51. The van der Waals surface area contributed by atoms with Crippen molar-refractivity contribution < 1.29 is 4.79 Å². The molecule has 1 amide bonds. The molecule has 0 bridgehead atoms. The van der Waals surface area contributed by atoms with Crippen LogP contribution in [0.1, 0.15) is 31.2 Å². The standard InChI is InChI=1S/C13H16BrClN2O.ClH/c14-10-4-3-9(11(15)7-10)8-17-12(18)13(16)5-1-2-6-13;/h3-4,7H,1-2,5-6,8,16H2,(H,17,18);1H. The summed E-state index contributed by atoms with van der Waals surface area (Å²) in [4.78, 5) is 12.0. The summed E-state index contributed by atoms with van der Waals surface area (Å²) in [6, 6.07) is 5.61. The van der Waals surface area contributed by atoms with Crippen molar-refractivity contribution in [1.29, 1.82) is 0 Å². The van der Waals surface area contributed by atoms with Gasteiger partial charge in [0, 0.05) is 16.0 Å². The molecule has 0 atom stereocenters. The lowest BCUT2D eigenvalue weighted by molar-refractivity contribution is -0.126. The van der Waals surface area contributed by atoms with E-state index in [9.17, 15) is 4.79 Å². The van der Waals surface area contributed by atoms with Gasteiger partial charge in [-0.3, -0.25) is 4.79 Å². The van der Waals surface area contributed by atoms with Crippen LogP contribution in [0.15, 0.2) is 22.7 Å². The topological polar surface area (TPSA) is 55.1 Å². The van der Waals surface area contributed by atoms with Gasteiger partial charge in [0.1, 0.15) is 0 Å². The first-order chi connectivity index (χ1) is 8.51. The van der Waals surface area contributed by atoms with Crippen LogP contribution >= 0.6 is 39.9 Å². The predicted octanol–water partition coefficient (Wildman–Crippen LogP) is 3.41. The maximum absolute atomic E-state index is 12.0. The van der Waals surface area contributed by atoms with E-state index in [4.69, 9.17) is 17.3 Å². The van der Waals surface area contributed by atoms with Gasteiger partial charge in [-0.1, -0.05) is 46.4 Å². The molecule has 0 radical (unpaired) electrons. The number of carbonyl (C=O) groups excluding carboxylic acids is 1.